The third kappa shape index (κ3) is 4.21. The Hall–Kier alpha value is -3.59. The fourth-order valence-electron chi connectivity index (χ4n) is 1.91. The van der Waals surface area contributed by atoms with Crippen molar-refractivity contribution in [3.05, 3.63) is 65.2 Å². The van der Waals surface area contributed by atoms with Crippen LogP contribution >= 0.6 is 0 Å². The van der Waals surface area contributed by atoms with Crippen LogP contribution in [0.1, 0.15) is 15.9 Å². The van der Waals surface area contributed by atoms with Crippen molar-refractivity contribution in [1.82, 2.24) is 0 Å². The van der Waals surface area contributed by atoms with Gasteiger partial charge in [-0.2, -0.15) is 5.26 Å². The van der Waals surface area contributed by atoms with E-state index in [4.69, 9.17) is 9.84 Å². The Morgan fingerprint density at radius 2 is 1.75 bits per heavy atom. The maximum absolute atomic E-state index is 12.1. The second-order valence-corrected chi connectivity index (χ2v) is 4.78. The lowest BCUT2D eigenvalue weighted by atomic mass is 10.1. The van der Waals surface area contributed by atoms with Gasteiger partial charge in [0.2, 0.25) is 0 Å². The molecule has 0 unspecified atom stereocenters. The Bertz CT molecular complexity index is 816. The molecule has 2 aromatic rings. The van der Waals surface area contributed by atoms with Crippen LogP contribution < -0.4 is 10.1 Å². The molecule has 0 saturated carbocycles. The number of amides is 1. The van der Waals surface area contributed by atoms with Crippen molar-refractivity contribution >= 4 is 23.6 Å². The van der Waals surface area contributed by atoms with Gasteiger partial charge in [-0.3, -0.25) is 4.79 Å². The largest absolute Gasteiger partial charge is 0.497 e. The zero-order valence-corrected chi connectivity index (χ0v) is 12.8. The lowest BCUT2D eigenvalue weighted by Gasteiger charge is -2.05. The monoisotopic (exact) mass is 322 g/mol. The fourth-order valence-corrected chi connectivity index (χ4v) is 1.91. The quantitative estimate of drug-likeness (QED) is 0.651. The van der Waals surface area contributed by atoms with E-state index in [-0.39, 0.29) is 11.1 Å². The number of hydrogen-bond donors (Lipinski definition) is 2. The number of nitrogens with one attached hydrogen (secondary N) is 1. The van der Waals surface area contributed by atoms with Gasteiger partial charge in [0.25, 0.3) is 5.91 Å². The summed E-state index contributed by atoms with van der Waals surface area (Å²) in [4.78, 5) is 22.9. The average Bonchev–Trinajstić information content (AvgIpc) is 2.60. The van der Waals surface area contributed by atoms with E-state index in [0.717, 1.165) is 0 Å². The standard InChI is InChI=1S/C18H14N2O4/c1-24-16-8-2-12(3-9-16)10-14(11-19)17(21)20-15-6-4-13(5-7-15)18(22)23/h2-10H,1H3,(H,20,21)(H,22,23)/b14-10-. The van der Waals surface area contributed by atoms with Gasteiger partial charge >= 0.3 is 5.97 Å². The highest BCUT2D eigenvalue weighted by molar-refractivity contribution is 6.09. The highest BCUT2D eigenvalue weighted by atomic mass is 16.5. The van der Waals surface area contributed by atoms with Crippen molar-refractivity contribution in [2.75, 3.05) is 12.4 Å². The summed E-state index contributed by atoms with van der Waals surface area (Å²) in [5.41, 5.74) is 1.13. The first-order valence-electron chi connectivity index (χ1n) is 6.94. The van der Waals surface area contributed by atoms with Crippen LogP contribution in [0, 0.1) is 11.3 Å². The van der Waals surface area contributed by atoms with E-state index >= 15 is 0 Å². The molecule has 0 aromatic heterocycles. The van der Waals surface area contributed by atoms with Crippen LogP contribution in [0.5, 0.6) is 5.75 Å². The van der Waals surface area contributed by atoms with Gasteiger partial charge in [-0.1, -0.05) is 12.1 Å². The first-order chi connectivity index (χ1) is 11.5. The molecule has 2 rings (SSSR count). The van der Waals surface area contributed by atoms with Crippen LogP contribution in [0.25, 0.3) is 6.08 Å². The van der Waals surface area contributed by atoms with Crippen molar-refractivity contribution in [2.45, 2.75) is 0 Å². The van der Waals surface area contributed by atoms with Crippen molar-refractivity contribution < 1.29 is 19.4 Å². The minimum Gasteiger partial charge on any atom is -0.497 e. The Morgan fingerprint density at radius 3 is 2.25 bits per heavy atom. The number of aromatic carboxylic acids is 1. The van der Waals surface area contributed by atoms with Crippen LogP contribution in [0.3, 0.4) is 0 Å². The summed E-state index contributed by atoms with van der Waals surface area (Å²) in [6, 6.07) is 14.4. The Balaban J connectivity index is 2.14. The van der Waals surface area contributed by atoms with Gasteiger partial charge in [0.15, 0.2) is 0 Å². The van der Waals surface area contributed by atoms with E-state index in [9.17, 15) is 14.9 Å². The zero-order valence-electron chi connectivity index (χ0n) is 12.8. The van der Waals surface area contributed by atoms with Crippen molar-refractivity contribution in [1.29, 1.82) is 5.26 Å². The zero-order chi connectivity index (χ0) is 17.5. The first kappa shape index (κ1) is 16.8. The molecule has 0 radical (unpaired) electrons. The highest BCUT2D eigenvalue weighted by Gasteiger charge is 2.10. The lowest BCUT2D eigenvalue weighted by Crippen LogP contribution is -2.13. The summed E-state index contributed by atoms with van der Waals surface area (Å²) in [6.45, 7) is 0. The van der Waals surface area contributed by atoms with Crippen LogP contribution in [-0.4, -0.2) is 24.1 Å². The molecule has 6 nitrogen and oxygen atoms in total. The number of carboxylic acid groups (broad SMARTS) is 1. The molecular formula is C18H14N2O4. The maximum Gasteiger partial charge on any atom is 0.335 e. The third-order valence-corrected chi connectivity index (χ3v) is 3.18. The van der Waals surface area contributed by atoms with Gasteiger partial charge in [-0.15, -0.1) is 0 Å². The average molecular weight is 322 g/mol. The van der Waals surface area contributed by atoms with Crippen molar-refractivity contribution in [3.8, 4) is 11.8 Å². The fraction of sp³-hybridized carbons (Fsp3) is 0.0556. The molecule has 0 aliphatic heterocycles. The summed E-state index contributed by atoms with van der Waals surface area (Å²) in [7, 11) is 1.55. The molecule has 2 N–H and O–H groups in total. The Kier molecular flexibility index (Phi) is 5.32. The van der Waals surface area contributed by atoms with Crippen LogP contribution in [0.2, 0.25) is 0 Å². The van der Waals surface area contributed by atoms with E-state index in [1.54, 1.807) is 31.4 Å². The van der Waals surface area contributed by atoms with E-state index < -0.39 is 11.9 Å². The number of carboxylic acids is 1. The summed E-state index contributed by atoms with van der Waals surface area (Å²) in [5.74, 6) is -0.949. The van der Waals surface area contributed by atoms with Crippen molar-refractivity contribution in [2.24, 2.45) is 0 Å². The topological polar surface area (TPSA) is 99.4 Å². The molecule has 120 valence electrons. The van der Waals surface area contributed by atoms with Crippen LogP contribution in [-0.2, 0) is 4.79 Å². The van der Waals surface area contributed by atoms with Gasteiger partial charge in [-0.05, 0) is 48.0 Å². The first-order valence-corrected chi connectivity index (χ1v) is 6.94. The molecule has 0 heterocycles. The smallest absolute Gasteiger partial charge is 0.335 e. The molecule has 0 fully saturated rings. The van der Waals surface area contributed by atoms with Gasteiger partial charge in [0.1, 0.15) is 17.4 Å². The minimum absolute atomic E-state index is 0.0672. The summed E-state index contributed by atoms with van der Waals surface area (Å²) in [6.07, 6.45) is 1.46. The number of carbonyl (C=O) groups is 2. The molecule has 0 aliphatic rings. The SMILES string of the molecule is COc1ccc(/C=C(/C#N)C(=O)Nc2ccc(C(=O)O)cc2)cc1. The second kappa shape index (κ2) is 7.61. The predicted molar refractivity (Wildman–Crippen MR) is 88.6 cm³/mol. The number of carbonyl (C=O) groups excluding carboxylic acids is 1. The van der Waals surface area contributed by atoms with Gasteiger partial charge in [0.05, 0.1) is 12.7 Å². The lowest BCUT2D eigenvalue weighted by molar-refractivity contribution is -0.112. The molecule has 2 aromatic carbocycles. The molecule has 24 heavy (non-hydrogen) atoms. The number of rotatable bonds is 5. The van der Waals surface area contributed by atoms with Gasteiger partial charge in [0, 0.05) is 5.69 Å². The number of benzene rings is 2. The van der Waals surface area contributed by atoms with Crippen LogP contribution in [0.15, 0.2) is 54.1 Å². The van der Waals surface area contributed by atoms with Gasteiger partial charge in [-0.25, -0.2) is 4.79 Å². The van der Waals surface area contributed by atoms with Crippen molar-refractivity contribution in [3.63, 3.8) is 0 Å². The second-order valence-electron chi connectivity index (χ2n) is 4.78. The third-order valence-electron chi connectivity index (χ3n) is 3.18. The molecule has 0 atom stereocenters. The molecule has 0 spiro atoms. The number of anilines is 1. The highest BCUT2D eigenvalue weighted by Crippen LogP contribution is 2.15. The van der Waals surface area contributed by atoms with E-state index in [0.29, 0.717) is 17.0 Å². The Morgan fingerprint density at radius 1 is 1.12 bits per heavy atom. The Labute approximate surface area is 138 Å². The minimum atomic E-state index is -1.05. The number of ether oxygens (including phenoxy) is 1. The number of hydrogen-bond acceptors (Lipinski definition) is 4. The maximum atomic E-state index is 12.1. The predicted octanol–water partition coefficient (Wildman–Crippen LogP) is 2.94. The molecule has 0 saturated heterocycles. The molecule has 0 aliphatic carbocycles. The normalized spacial score (nSPS) is 10.6. The van der Waals surface area contributed by atoms with Gasteiger partial charge < -0.3 is 15.2 Å². The molecular weight excluding hydrogens is 308 g/mol. The molecule has 1 amide bonds. The summed E-state index contributed by atoms with van der Waals surface area (Å²) < 4.78 is 5.05. The summed E-state index contributed by atoms with van der Waals surface area (Å²) >= 11 is 0. The molecule has 0 bridgehead atoms. The number of methoxy groups -OCH3 is 1. The van der Waals surface area contributed by atoms with E-state index in [1.807, 2.05) is 6.07 Å². The summed E-state index contributed by atoms with van der Waals surface area (Å²) in [5, 5.41) is 20.6. The molecule has 6 heteroatoms. The van der Waals surface area contributed by atoms with E-state index in [1.165, 1.54) is 30.3 Å². The number of nitriles is 1. The van der Waals surface area contributed by atoms with E-state index in [2.05, 4.69) is 5.32 Å². The number of nitrogens with zero attached hydrogens (tertiary/aromatic N) is 1. The van der Waals surface area contributed by atoms with Crippen LogP contribution in [0.4, 0.5) is 5.69 Å².